The minimum absolute atomic E-state index is 0.0846. The first-order valence-corrected chi connectivity index (χ1v) is 11.0. The zero-order chi connectivity index (χ0) is 26.4. The van der Waals surface area contributed by atoms with Crippen molar-refractivity contribution in [2.24, 2.45) is 0 Å². The molecule has 0 atom stereocenters. The molecule has 0 spiro atoms. The molecule has 4 rings (SSSR count). The highest BCUT2D eigenvalue weighted by molar-refractivity contribution is 6.01. The van der Waals surface area contributed by atoms with Crippen molar-refractivity contribution >= 4 is 34.3 Å². The van der Waals surface area contributed by atoms with Crippen LogP contribution in [-0.4, -0.2) is 27.3 Å². The fourth-order valence-electron chi connectivity index (χ4n) is 3.67. The second-order valence-corrected chi connectivity index (χ2v) is 7.87. The Kier molecular flexibility index (Phi) is 7.21. The van der Waals surface area contributed by atoms with Crippen LogP contribution in [0.15, 0.2) is 78.5 Å². The molecule has 0 aliphatic heterocycles. The van der Waals surface area contributed by atoms with Gasteiger partial charge in [-0.25, -0.2) is 0 Å². The summed E-state index contributed by atoms with van der Waals surface area (Å²) >= 11 is 0. The lowest BCUT2D eigenvalue weighted by molar-refractivity contribution is -0.394. The Hall–Kier alpha value is -5.50. The van der Waals surface area contributed by atoms with Crippen LogP contribution in [0.5, 0.6) is 11.5 Å². The van der Waals surface area contributed by atoms with Gasteiger partial charge < -0.3 is 15.0 Å². The number of aromatic nitrogens is 1. The number of para-hydroxylation sites is 1. The predicted molar refractivity (Wildman–Crippen MR) is 135 cm³/mol. The highest BCUT2D eigenvalue weighted by Crippen LogP contribution is 2.34. The van der Waals surface area contributed by atoms with E-state index in [1.807, 2.05) is 36.5 Å². The number of H-pyrrole nitrogens is 1. The Balaban J connectivity index is 1.40. The first-order valence-electron chi connectivity index (χ1n) is 11.0. The average Bonchev–Trinajstić information content (AvgIpc) is 3.31. The summed E-state index contributed by atoms with van der Waals surface area (Å²) < 4.78 is 5.53. The number of nitrogens with zero attached hydrogens (tertiary/aromatic N) is 3. The number of rotatable bonds is 9. The Morgan fingerprint density at radius 2 is 1.81 bits per heavy atom. The van der Waals surface area contributed by atoms with Crippen molar-refractivity contribution in [3.63, 3.8) is 0 Å². The molecular formula is C26H19N5O6. The number of hydrogen-bond donors (Lipinski definition) is 2. The number of aromatic amines is 1. The highest BCUT2D eigenvalue weighted by Gasteiger charge is 2.21. The third-order valence-electron chi connectivity index (χ3n) is 5.49. The zero-order valence-corrected chi connectivity index (χ0v) is 19.2. The third kappa shape index (κ3) is 5.77. The first kappa shape index (κ1) is 24.6. The fraction of sp³-hybridized carbons (Fsp3) is 0.0769. The Morgan fingerprint density at radius 1 is 1.05 bits per heavy atom. The number of hydrogen-bond acceptors (Lipinski definition) is 7. The van der Waals surface area contributed by atoms with Crippen molar-refractivity contribution in [2.75, 3.05) is 6.54 Å². The van der Waals surface area contributed by atoms with E-state index in [9.17, 15) is 30.3 Å². The summed E-state index contributed by atoms with van der Waals surface area (Å²) in [5.74, 6) is -0.439. The van der Waals surface area contributed by atoms with Crippen molar-refractivity contribution in [3.8, 4) is 17.6 Å². The van der Waals surface area contributed by atoms with E-state index in [0.717, 1.165) is 34.7 Å². The number of non-ortho nitro benzene ring substituents is 1. The second kappa shape index (κ2) is 10.8. The number of nitriles is 1. The summed E-state index contributed by atoms with van der Waals surface area (Å²) in [6.07, 6.45) is 3.90. The van der Waals surface area contributed by atoms with Crippen LogP contribution in [0.2, 0.25) is 0 Å². The van der Waals surface area contributed by atoms with Crippen molar-refractivity contribution in [2.45, 2.75) is 6.42 Å². The Bertz CT molecular complexity index is 1570. The largest absolute Gasteiger partial charge is 0.450 e. The fourth-order valence-corrected chi connectivity index (χ4v) is 3.67. The van der Waals surface area contributed by atoms with E-state index < -0.39 is 27.1 Å². The lowest BCUT2D eigenvalue weighted by Gasteiger charge is -2.07. The number of nitro groups is 2. The van der Waals surface area contributed by atoms with Crippen LogP contribution in [0.25, 0.3) is 17.0 Å². The number of carbonyl (C=O) groups excluding carboxylic acids is 1. The monoisotopic (exact) mass is 497 g/mol. The van der Waals surface area contributed by atoms with E-state index in [1.54, 1.807) is 12.1 Å². The van der Waals surface area contributed by atoms with E-state index in [-0.39, 0.29) is 17.1 Å². The van der Waals surface area contributed by atoms with E-state index in [4.69, 9.17) is 4.74 Å². The molecule has 0 aliphatic carbocycles. The molecule has 4 aromatic rings. The van der Waals surface area contributed by atoms with Crippen molar-refractivity contribution < 1.29 is 19.4 Å². The van der Waals surface area contributed by atoms with E-state index >= 15 is 0 Å². The van der Waals surface area contributed by atoms with Crippen molar-refractivity contribution in [1.29, 1.82) is 5.26 Å². The minimum atomic E-state index is -0.768. The average molecular weight is 497 g/mol. The van der Waals surface area contributed by atoms with E-state index in [2.05, 4.69) is 10.3 Å². The van der Waals surface area contributed by atoms with Crippen LogP contribution < -0.4 is 10.1 Å². The Morgan fingerprint density at radius 3 is 2.51 bits per heavy atom. The maximum Gasteiger partial charge on any atom is 0.318 e. The molecule has 11 heteroatoms. The molecule has 0 saturated carbocycles. The molecular weight excluding hydrogens is 478 g/mol. The SMILES string of the molecule is N#C/C(=C/c1ccc(Oc2ccc([N+](=O)[O-])cc2[N+](=O)[O-])cc1)C(=O)NCCc1c[nH]c2ccccc12. The molecule has 1 aromatic heterocycles. The lowest BCUT2D eigenvalue weighted by atomic mass is 10.1. The van der Waals surface area contributed by atoms with Crippen LogP contribution in [0, 0.1) is 31.6 Å². The summed E-state index contributed by atoms with van der Waals surface area (Å²) in [5, 5.41) is 35.5. The van der Waals surface area contributed by atoms with E-state index in [0.29, 0.717) is 18.5 Å². The van der Waals surface area contributed by atoms with Gasteiger partial charge in [-0.3, -0.25) is 25.0 Å². The second-order valence-electron chi connectivity index (χ2n) is 7.87. The molecule has 2 N–H and O–H groups in total. The maximum absolute atomic E-state index is 12.5. The lowest BCUT2D eigenvalue weighted by Crippen LogP contribution is -2.26. The highest BCUT2D eigenvalue weighted by atomic mass is 16.6. The molecule has 37 heavy (non-hydrogen) atoms. The van der Waals surface area contributed by atoms with Gasteiger partial charge in [-0.15, -0.1) is 0 Å². The van der Waals surface area contributed by atoms with E-state index in [1.165, 1.54) is 18.2 Å². The number of fused-ring (bicyclic) bond motifs is 1. The molecule has 0 unspecified atom stereocenters. The number of nitrogens with one attached hydrogen (secondary N) is 2. The van der Waals surface area contributed by atoms with Crippen LogP contribution in [0.3, 0.4) is 0 Å². The standard InChI is InChI=1S/C26H19N5O6/c27-15-19(26(32)28-12-11-18-16-29-23-4-2-1-3-22(18)23)13-17-5-8-21(9-6-17)37-25-10-7-20(30(33)34)14-24(25)31(35)36/h1-10,13-14,16,29H,11-12H2,(H,28,32)/b19-13-. The summed E-state index contributed by atoms with van der Waals surface area (Å²) in [5.41, 5.74) is 1.55. The van der Waals surface area contributed by atoms with Crippen LogP contribution >= 0.6 is 0 Å². The summed E-state index contributed by atoms with van der Waals surface area (Å²) in [7, 11) is 0. The number of benzene rings is 3. The molecule has 1 amide bonds. The van der Waals surface area contributed by atoms with Gasteiger partial charge in [-0.2, -0.15) is 5.26 Å². The third-order valence-corrected chi connectivity index (χ3v) is 5.49. The van der Waals surface area contributed by atoms with Gasteiger partial charge in [-0.1, -0.05) is 30.3 Å². The topological polar surface area (TPSA) is 164 Å². The van der Waals surface area contributed by atoms with Gasteiger partial charge in [0.05, 0.1) is 15.9 Å². The van der Waals surface area contributed by atoms with Crippen LogP contribution in [-0.2, 0) is 11.2 Å². The Labute approximate surface area is 209 Å². The van der Waals surface area contributed by atoms with Gasteiger partial charge in [0.15, 0.2) is 0 Å². The van der Waals surface area contributed by atoms with Gasteiger partial charge in [0.25, 0.3) is 11.6 Å². The first-order chi connectivity index (χ1) is 17.9. The van der Waals surface area contributed by atoms with Gasteiger partial charge in [0.1, 0.15) is 17.4 Å². The maximum atomic E-state index is 12.5. The van der Waals surface area contributed by atoms with Crippen LogP contribution in [0.1, 0.15) is 11.1 Å². The summed E-state index contributed by atoms with van der Waals surface area (Å²) in [6.45, 7) is 0.348. The van der Waals surface area contributed by atoms with Gasteiger partial charge >= 0.3 is 5.69 Å². The predicted octanol–water partition coefficient (Wildman–Crippen LogP) is 5.04. The van der Waals surface area contributed by atoms with Crippen LogP contribution in [0.4, 0.5) is 11.4 Å². The minimum Gasteiger partial charge on any atom is -0.450 e. The normalized spacial score (nSPS) is 11.1. The quantitative estimate of drug-likeness (QED) is 0.141. The van der Waals surface area contributed by atoms with Crippen molar-refractivity contribution in [1.82, 2.24) is 10.3 Å². The van der Waals surface area contributed by atoms with Gasteiger partial charge in [-0.05, 0) is 47.9 Å². The number of nitro benzene ring substituents is 2. The molecule has 0 radical (unpaired) electrons. The zero-order valence-electron chi connectivity index (χ0n) is 19.2. The summed E-state index contributed by atoms with van der Waals surface area (Å²) in [6, 6.07) is 19.0. The molecule has 3 aromatic carbocycles. The smallest absolute Gasteiger partial charge is 0.318 e. The molecule has 0 bridgehead atoms. The molecule has 184 valence electrons. The number of ether oxygens (including phenoxy) is 1. The molecule has 0 fully saturated rings. The molecule has 11 nitrogen and oxygen atoms in total. The molecule has 1 heterocycles. The molecule has 0 saturated heterocycles. The number of amides is 1. The van der Waals surface area contributed by atoms with Gasteiger partial charge in [0.2, 0.25) is 5.75 Å². The van der Waals surface area contributed by atoms with Crippen molar-refractivity contribution in [3.05, 3.63) is 110 Å². The molecule has 0 aliphatic rings. The van der Waals surface area contributed by atoms with Gasteiger partial charge in [0, 0.05) is 29.7 Å². The number of carbonyl (C=O) groups is 1. The summed E-state index contributed by atoms with van der Waals surface area (Å²) in [4.78, 5) is 36.4.